The Morgan fingerprint density at radius 1 is 1.33 bits per heavy atom. The zero-order chi connectivity index (χ0) is 9.57. The molecular formula is C10H20O2. The van der Waals surface area contributed by atoms with Gasteiger partial charge in [0.05, 0.1) is 17.3 Å². The van der Waals surface area contributed by atoms with Gasteiger partial charge in [-0.2, -0.15) is 0 Å². The molecule has 2 heteroatoms. The minimum absolute atomic E-state index is 0.0579. The van der Waals surface area contributed by atoms with Gasteiger partial charge >= 0.3 is 0 Å². The standard InChI is InChI=1S/C10H20O2/c1-6-9(4)7(2)10(5,11)8(3)12-9/h7-8,11H,6H2,1-5H3. The molecule has 1 rings (SSSR count). The maximum Gasteiger partial charge on any atom is 0.0930 e. The first-order chi connectivity index (χ1) is 5.34. The Morgan fingerprint density at radius 3 is 2.00 bits per heavy atom. The van der Waals surface area contributed by atoms with Crippen molar-refractivity contribution < 1.29 is 9.84 Å². The first-order valence-electron chi connectivity index (χ1n) is 4.74. The summed E-state index contributed by atoms with van der Waals surface area (Å²) >= 11 is 0. The van der Waals surface area contributed by atoms with E-state index in [0.29, 0.717) is 0 Å². The highest BCUT2D eigenvalue weighted by Crippen LogP contribution is 2.44. The van der Waals surface area contributed by atoms with Crippen LogP contribution in [0.15, 0.2) is 0 Å². The number of hydrogen-bond donors (Lipinski definition) is 1. The number of ether oxygens (including phenoxy) is 1. The molecule has 1 heterocycles. The Balaban J connectivity index is 2.90. The van der Waals surface area contributed by atoms with Gasteiger partial charge in [-0.15, -0.1) is 0 Å². The van der Waals surface area contributed by atoms with E-state index in [9.17, 15) is 5.11 Å². The van der Waals surface area contributed by atoms with Crippen LogP contribution in [-0.2, 0) is 4.74 Å². The fourth-order valence-corrected chi connectivity index (χ4v) is 1.98. The maximum atomic E-state index is 10.1. The lowest BCUT2D eigenvalue weighted by atomic mass is 9.78. The van der Waals surface area contributed by atoms with Crippen molar-refractivity contribution in [2.45, 2.75) is 58.3 Å². The number of aliphatic hydroxyl groups is 1. The third kappa shape index (κ3) is 1.17. The molecule has 0 bridgehead atoms. The van der Waals surface area contributed by atoms with E-state index in [1.165, 1.54) is 0 Å². The minimum Gasteiger partial charge on any atom is -0.387 e. The largest absolute Gasteiger partial charge is 0.387 e. The van der Waals surface area contributed by atoms with Crippen LogP contribution in [0.1, 0.15) is 41.0 Å². The molecule has 0 aromatic heterocycles. The molecule has 1 aliphatic rings. The van der Waals surface area contributed by atoms with Crippen molar-refractivity contribution in [1.82, 2.24) is 0 Å². The van der Waals surface area contributed by atoms with Crippen molar-refractivity contribution >= 4 is 0 Å². The van der Waals surface area contributed by atoms with Crippen LogP contribution in [-0.4, -0.2) is 22.4 Å². The monoisotopic (exact) mass is 172 g/mol. The Hall–Kier alpha value is -0.0800. The summed E-state index contributed by atoms with van der Waals surface area (Å²) in [6, 6.07) is 0. The summed E-state index contributed by atoms with van der Waals surface area (Å²) in [4.78, 5) is 0. The van der Waals surface area contributed by atoms with Gasteiger partial charge < -0.3 is 9.84 Å². The second-order valence-electron chi connectivity index (χ2n) is 4.37. The van der Waals surface area contributed by atoms with E-state index in [-0.39, 0.29) is 17.6 Å². The molecule has 2 nitrogen and oxygen atoms in total. The predicted octanol–water partition coefficient (Wildman–Crippen LogP) is 1.96. The first kappa shape index (κ1) is 10.0. The van der Waals surface area contributed by atoms with Gasteiger partial charge in [-0.1, -0.05) is 13.8 Å². The zero-order valence-corrected chi connectivity index (χ0v) is 8.72. The highest BCUT2D eigenvalue weighted by Gasteiger charge is 2.53. The van der Waals surface area contributed by atoms with E-state index in [1.54, 1.807) is 0 Å². The maximum absolute atomic E-state index is 10.1. The fraction of sp³-hybridized carbons (Fsp3) is 1.00. The Labute approximate surface area is 74.9 Å². The van der Waals surface area contributed by atoms with Gasteiger partial charge in [-0.05, 0) is 27.2 Å². The summed E-state index contributed by atoms with van der Waals surface area (Å²) in [7, 11) is 0. The van der Waals surface area contributed by atoms with Crippen LogP contribution in [0.2, 0.25) is 0 Å². The van der Waals surface area contributed by atoms with Crippen LogP contribution in [0, 0.1) is 5.92 Å². The summed E-state index contributed by atoms with van der Waals surface area (Å²) < 4.78 is 5.78. The average Bonchev–Trinajstić information content (AvgIpc) is 2.14. The molecule has 1 aliphatic heterocycles. The van der Waals surface area contributed by atoms with Gasteiger partial charge in [0.15, 0.2) is 0 Å². The summed E-state index contributed by atoms with van der Waals surface area (Å²) in [5, 5.41) is 10.1. The van der Waals surface area contributed by atoms with Gasteiger partial charge in [0.1, 0.15) is 0 Å². The highest BCUT2D eigenvalue weighted by molar-refractivity contribution is 5.02. The van der Waals surface area contributed by atoms with E-state index in [2.05, 4.69) is 20.8 Å². The molecule has 0 aromatic carbocycles. The normalized spacial score (nSPS) is 54.5. The lowest BCUT2D eigenvalue weighted by molar-refractivity contribution is -0.0556. The smallest absolute Gasteiger partial charge is 0.0930 e. The van der Waals surface area contributed by atoms with Gasteiger partial charge in [-0.3, -0.25) is 0 Å². The van der Waals surface area contributed by atoms with E-state index < -0.39 is 5.60 Å². The minimum atomic E-state index is -0.676. The van der Waals surface area contributed by atoms with E-state index in [1.807, 2.05) is 13.8 Å². The van der Waals surface area contributed by atoms with Gasteiger partial charge in [-0.25, -0.2) is 0 Å². The van der Waals surface area contributed by atoms with Gasteiger partial charge in [0.25, 0.3) is 0 Å². The second kappa shape index (κ2) is 2.71. The van der Waals surface area contributed by atoms with Crippen LogP contribution in [0.4, 0.5) is 0 Å². The van der Waals surface area contributed by atoms with Crippen molar-refractivity contribution in [3.8, 4) is 0 Å². The summed E-state index contributed by atoms with van der Waals surface area (Å²) in [6.07, 6.45) is 0.895. The molecule has 1 saturated heterocycles. The van der Waals surface area contributed by atoms with E-state index in [0.717, 1.165) is 6.42 Å². The molecule has 12 heavy (non-hydrogen) atoms. The molecule has 4 unspecified atom stereocenters. The van der Waals surface area contributed by atoms with Crippen LogP contribution in [0.25, 0.3) is 0 Å². The first-order valence-corrected chi connectivity index (χ1v) is 4.74. The van der Waals surface area contributed by atoms with Crippen LogP contribution in [0.5, 0.6) is 0 Å². The number of rotatable bonds is 1. The van der Waals surface area contributed by atoms with Crippen molar-refractivity contribution in [3.05, 3.63) is 0 Å². The summed E-state index contributed by atoms with van der Waals surface area (Å²) in [5.41, 5.74) is -0.826. The molecule has 0 aromatic rings. The van der Waals surface area contributed by atoms with Gasteiger partial charge in [0, 0.05) is 5.92 Å². The lowest BCUT2D eigenvalue weighted by Crippen LogP contribution is -2.41. The molecule has 72 valence electrons. The predicted molar refractivity (Wildman–Crippen MR) is 49.0 cm³/mol. The molecule has 0 spiro atoms. The number of hydrogen-bond acceptors (Lipinski definition) is 2. The van der Waals surface area contributed by atoms with E-state index in [4.69, 9.17) is 4.74 Å². The molecule has 1 N–H and O–H groups in total. The SMILES string of the molecule is CCC1(C)OC(C)C(C)(O)C1C. The lowest BCUT2D eigenvalue weighted by Gasteiger charge is -2.30. The third-order valence-corrected chi connectivity index (χ3v) is 3.76. The third-order valence-electron chi connectivity index (χ3n) is 3.76. The van der Waals surface area contributed by atoms with Crippen LogP contribution >= 0.6 is 0 Å². The molecule has 4 atom stereocenters. The molecule has 0 radical (unpaired) electrons. The van der Waals surface area contributed by atoms with Crippen molar-refractivity contribution in [2.75, 3.05) is 0 Å². The van der Waals surface area contributed by atoms with E-state index >= 15 is 0 Å². The Bertz CT molecular complexity index is 177. The molecule has 0 saturated carbocycles. The molecular weight excluding hydrogens is 152 g/mol. The summed E-state index contributed by atoms with van der Waals surface area (Å²) in [5.74, 6) is 0.199. The average molecular weight is 172 g/mol. The molecule has 0 aliphatic carbocycles. The van der Waals surface area contributed by atoms with Crippen molar-refractivity contribution in [1.29, 1.82) is 0 Å². The van der Waals surface area contributed by atoms with Crippen LogP contribution in [0.3, 0.4) is 0 Å². The molecule has 0 amide bonds. The second-order valence-corrected chi connectivity index (χ2v) is 4.37. The molecule has 1 fully saturated rings. The van der Waals surface area contributed by atoms with Gasteiger partial charge in [0.2, 0.25) is 0 Å². The van der Waals surface area contributed by atoms with Crippen molar-refractivity contribution in [2.24, 2.45) is 5.92 Å². The van der Waals surface area contributed by atoms with Crippen molar-refractivity contribution in [3.63, 3.8) is 0 Å². The highest BCUT2D eigenvalue weighted by atomic mass is 16.5. The zero-order valence-electron chi connectivity index (χ0n) is 8.72. The fourth-order valence-electron chi connectivity index (χ4n) is 1.98. The van der Waals surface area contributed by atoms with Crippen LogP contribution < -0.4 is 0 Å². The Kier molecular flexibility index (Phi) is 2.26. The summed E-state index contributed by atoms with van der Waals surface area (Å²) in [6.45, 7) is 10.0. The topological polar surface area (TPSA) is 29.5 Å². The Morgan fingerprint density at radius 2 is 1.83 bits per heavy atom. The quantitative estimate of drug-likeness (QED) is 0.655.